The van der Waals surface area contributed by atoms with Crippen LogP contribution in [0.3, 0.4) is 0 Å². The zero-order valence-corrected chi connectivity index (χ0v) is 11.8. The fraction of sp³-hybridized carbons (Fsp3) is 0.214. The number of anilines is 1. The van der Waals surface area contributed by atoms with Crippen molar-refractivity contribution in [2.45, 2.75) is 13.0 Å². The van der Waals surface area contributed by atoms with Crippen LogP contribution in [0.15, 0.2) is 35.7 Å². The highest BCUT2D eigenvalue weighted by Crippen LogP contribution is 2.32. The van der Waals surface area contributed by atoms with Crippen LogP contribution in [0.1, 0.15) is 28.2 Å². The second kappa shape index (κ2) is 5.55. The molecule has 2 nitrogen and oxygen atoms in total. The van der Waals surface area contributed by atoms with Gasteiger partial charge in [-0.15, -0.1) is 11.3 Å². The number of nitrogens with zero attached hydrogens (tertiary/aromatic N) is 1. The number of rotatable bonds is 4. The minimum absolute atomic E-state index is 0.210. The van der Waals surface area contributed by atoms with Crippen LogP contribution in [0.4, 0.5) is 5.69 Å². The van der Waals surface area contributed by atoms with Crippen molar-refractivity contribution in [3.8, 4) is 0 Å². The Kier molecular flexibility index (Phi) is 4.04. The van der Waals surface area contributed by atoms with Gasteiger partial charge in [0.2, 0.25) is 0 Å². The quantitative estimate of drug-likeness (QED) is 0.773. The summed E-state index contributed by atoms with van der Waals surface area (Å²) in [4.78, 5) is 14.5. The minimum Gasteiger partial charge on any atom is -0.366 e. The van der Waals surface area contributed by atoms with Crippen molar-refractivity contribution in [1.29, 1.82) is 0 Å². The van der Waals surface area contributed by atoms with E-state index in [2.05, 4.69) is 23.3 Å². The third kappa shape index (κ3) is 2.42. The first kappa shape index (κ1) is 13.1. The molecule has 0 aliphatic heterocycles. The van der Waals surface area contributed by atoms with E-state index in [1.54, 1.807) is 17.4 Å². The maximum atomic E-state index is 11.2. The topological polar surface area (TPSA) is 20.3 Å². The minimum atomic E-state index is 0.210. The molecule has 0 aliphatic rings. The molecule has 2 rings (SSSR count). The lowest BCUT2D eigenvalue weighted by atomic mass is 10.1. The van der Waals surface area contributed by atoms with Crippen LogP contribution in [0.2, 0.25) is 5.02 Å². The molecule has 0 aliphatic carbocycles. The predicted octanol–water partition coefficient (Wildman–Crippen LogP) is 4.41. The Morgan fingerprint density at radius 2 is 2.11 bits per heavy atom. The molecule has 0 N–H and O–H groups in total. The summed E-state index contributed by atoms with van der Waals surface area (Å²) < 4.78 is 0. The lowest BCUT2D eigenvalue weighted by molar-refractivity contribution is 0.112. The molecule has 1 heterocycles. The smallest absolute Gasteiger partial charge is 0.153 e. The Balaban J connectivity index is 2.37. The van der Waals surface area contributed by atoms with Crippen LogP contribution in [-0.4, -0.2) is 13.3 Å². The predicted molar refractivity (Wildman–Crippen MR) is 78.0 cm³/mol. The van der Waals surface area contributed by atoms with Crippen molar-refractivity contribution in [2.75, 3.05) is 11.9 Å². The van der Waals surface area contributed by atoms with E-state index >= 15 is 0 Å². The number of hydrogen-bond donors (Lipinski definition) is 0. The molecule has 94 valence electrons. The molecule has 0 fully saturated rings. The fourth-order valence-electron chi connectivity index (χ4n) is 1.88. The van der Waals surface area contributed by atoms with E-state index in [9.17, 15) is 4.79 Å². The molecule has 2 aromatic rings. The molecule has 0 bridgehead atoms. The van der Waals surface area contributed by atoms with E-state index in [1.165, 1.54) is 4.88 Å². The highest BCUT2D eigenvalue weighted by Gasteiger charge is 2.17. The zero-order chi connectivity index (χ0) is 13.1. The highest BCUT2D eigenvalue weighted by atomic mass is 35.5. The zero-order valence-electron chi connectivity index (χ0n) is 10.3. The van der Waals surface area contributed by atoms with Gasteiger partial charge >= 0.3 is 0 Å². The first-order valence-electron chi connectivity index (χ1n) is 5.65. The summed E-state index contributed by atoms with van der Waals surface area (Å²) in [6, 6.07) is 9.85. The van der Waals surface area contributed by atoms with E-state index in [-0.39, 0.29) is 6.04 Å². The Labute approximate surface area is 116 Å². The van der Waals surface area contributed by atoms with Crippen LogP contribution in [0.5, 0.6) is 0 Å². The summed E-state index contributed by atoms with van der Waals surface area (Å²) in [5.74, 6) is 0. The number of aldehydes is 1. The third-order valence-corrected chi connectivity index (χ3v) is 4.44. The molecule has 0 spiro atoms. The average Bonchev–Trinajstić information content (AvgIpc) is 2.90. The molecule has 0 amide bonds. The summed E-state index contributed by atoms with van der Waals surface area (Å²) >= 11 is 7.76. The molecular formula is C14H14ClNOS. The largest absolute Gasteiger partial charge is 0.366 e. The number of hydrogen-bond acceptors (Lipinski definition) is 3. The summed E-state index contributed by atoms with van der Waals surface area (Å²) in [6.45, 7) is 2.11. The van der Waals surface area contributed by atoms with Gasteiger partial charge in [-0.3, -0.25) is 4.79 Å². The molecule has 0 radical (unpaired) electrons. The van der Waals surface area contributed by atoms with Crippen molar-refractivity contribution in [3.63, 3.8) is 0 Å². The number of carbonyl (C=O) groups excluding carboxylic acids is 1. The lowest BCUT2D eigenvalue weighted by Gasteiger charge is -2.27. The van der Waals surface area contributed by atoms with Crippen molar-refractivity contribution < 1.29 is 4.79 Å². The standard InChI is InChI=1S/C14H14ClNOS/c1-10(14-7-4-8-18-14)16(2)13-6-3-5-12(15)11(13)9-17/h3-10H,1-2H3. The monoisotopic (exact) mass is 279 g/mol. The Morgan fingerprint density at radius 3 is 2.72 bits per heavy atom. The van der Waals surface area contributed by atoms with E-state index in [1.807, 2.05) is 25.2 Å². The number of carbonyl (C=O) groups is 1. The molecule has 1 aromatic carbocycles. The second-order valence-electron chi connectivity index (χ2n) is 4.09. The van der Waals surface area contributed by atoms with Gasteiger partial charge in [0.05, 0.1) is 16.6 Å². The van der Waals surface area contributed by atoms with Gasteiger partial charge in [0, 0.05) is 17.6 Å². The van der Waals surface area contributed by atoms with Gasteiger partial charge in [-0.2, -0.15) is 0 Å². The molecule has 4 heteroatoms. The van der Waals surface area contributed by atoms with Gasteiger partial charge in [0.15, 0.2) is 6.29 Å². The molecule has 18 heavy (non-hydrogen) atoms. The van der Waals surface area contributed by atoms with Crippen LogP contribution < -0.4 is 4.90 Å². The average molecular weight is 280 g/mol. The number of benzene rings is 1. The van der Waals surface area contributed by atoms with Gasteiger partial charge in [0.1, 0.15) is 0 Å². The molecule has 1 aromatic heterocycles. The Hall–Kier alpha value is -1.32. The van der Waals surface area contributed by atoms with E-state index < -0.39 is 0 Å². The van der Waals surface area contributed by atoms with E-state index in [4.69, 9.17) is 11.6 Å². The van der Waals surface area contributed by atoms with Gasteiger partial charge < -0.3 is 4.90 Å². The van der Waals surface area contributed by atoms with Crippen molar-refractivity contribution in [1.82, 2.24) is 0 Å². The van der Waals surface area contributed by atoms with Gasteiger partial charge in [-0.1, -0.05) is 23.7 Å². The Bertz CT molecular complexity index is 539. The molecule has 1 atom stereocenters. The first-order valence-corrected chi connectivity index (χ1v) is 6.91. The molecule has 0 saturated carbocycles. The highest BCUT2D eigenvalue weighted by molar-refractivity contribution is 7.10. The normalized spacial score (nSPS) is 12.2. The first-order chi connectivity index (χ1) is 8.65. The lowest BCUT2D eigenvalue weighted by Crippen LogP contribution is -2.22. The SMILES string of the molecule is CC(c1cccs1)N(C)c1cccc(Cl)c1C=O. The second-order valence-corrected chi connectivity index (χ2v) is 5.48. The fourth-order valence-corrected chi connectivity index (χ4v) is 2.92. The number of thiophene rings is 1. The Morgan fingerprint density at radius 1 is 1.33 bits per heavy atom. The van der Waals surface area contributed by atoms with Gasteiger partial charge in [-0.05, 0) is 30.5 Å². The van der Waals surface area contributed by atoms with E-state index in [0.717, 1.165) is 12.0 Å². The number of halogens is 1. The maximum Gasteiger partial charge on any atom is 0.153 e. The van der Waals surface area contributed by atoms with Crippen molar-refractivity contribution in [2.24, 2.45) is 0 Å². The van der Waals surface area contributed by atoms with Crippen molar-refractivity contribution in [3.05, 3.63) is 51.2 Å². The summed E-state index contributed by atoms with van der Waals surface area (Å²) in [7, 11) is 1.98. The summed E-state index contributed by atoms with van der Waals surface area (Å²) in [5, 5.41) is 2.55. The van der Waals surface area contributed by atoms with Crippen LogP contribution >= 0.6 is 22.9 Å². The summed E-state index contributed by atoms with van der Waals surface area (Å²) in [6.07, 6.45) is 0.815. The summed E-state index contributed by atoms with van der Waals surface area (Å²) in [5.41, 5.74) is 1.41. The van der Waals surface area contributed by atoms with E-state index in [0.29, 0.717) is 10.6 Å². The van der Waals surface area contributed by atoms with Crippen LogP contribution in [0.25, 0.3) is 0 Å². The van der Waals surface area contributed by atoms with Crippen LogP contribution in [-0.2, 0) is 0 Å². The van der Waals surface area contributed by atoms with Gasteiger partial charge in [-0.25, -0.2) is 0 Å². The molecule has 1 unspecified atom stereocenters. The molecular weight excluding hydrogens is 266 g/mol. The molecule has 0 saturated heterocycles. The van der Waals surface area contributed by atoms with Crippen molar-refractivity contribution >= 4 is 34.9 Å². The maximum absolute atomic E-state index is 11.2. The third-order valence-electron chi connectivity index (χ3n) is 3.06. The van der Waals surface area contributed by atoms with Crippen LogP contribution in [0, 0.1) is 0 Å². The van der Waals surface area contributed by atoms with Gasteiger partial charge in [0.25, 0.3) is 0 Å².